The summed E-state index contributed by atoms with van der Waals surface area (Å²) in [6, 6.07) is 15.3. The zero-order valence-corrected chi connectivity index (χ0v) is 17.2. The molecule has 1 heterocycles. The fourth-order valence-electron chi connectivity index (χ4n) is 2.89. The fraction of sp³-hybridized carbons (Fsp3) is 0.227. The van der Waals surface area contributed by atoms with Gasteiger partial charge in [0.25, 0.3) is 5.91 Å². The van der Waals surface area contributed by atoms with Crippen LogP contribution in [0, 0.1) is 0 Å². The number of thioether (sulfide) groups is 1. The Hall–Kier alpha value is -3.06. The number of nitrogens with zero attached hydrogens (tertiary/aromatic N) is 2. The Balaban J connectivity index is 1.70. The van der Waals surface area contributed by atoms with Gasteiger partial charge in [0.15, 0.2) is 0 Å². The summed E-state index contributed by atoms with van der Waals surface area (Å²) >= 11 is 1.31. The summed E-state index contributed by atoms with van der Waals surface area (Å²) in [5.41, 5.74) is 2.70. The molecule has 1 atom stereocenters. The van der Waals surface area contributed by atoms with Crippen molar-refractivity contribution in [3.8, 4) is 0 Å². The molecular formula is C22H23N3O3S. The summed E-state index contributed by atoms with van der Waals surface area (Å²) in [5, 5.41) is 2.60. The standard InChI is InChI=1S/C22H23N3O3S/c1-16(22(27)28-2)29-20-10-6-5-9-19(20)21(26)24-13-17-7-3-4-8-18(17)14-25-12-11-23-15-25/h3-12,15-16H,13-14H2,1-2H3,(H,24,26). The van der Waals surface area contributed by atoms with Crippen molar-refractivity contribution in [2.24, 2.45) is 0 Å². The molecule has 29 heavy (non-hydrogen) atoms. The third-order valence-corrected chi connectivity index (χ3v) is 5.59. The van der Waals surface area contributed by atoms with Crippen molar-refractivity contribution >= 4 is 23.6 Å². The molecule has 0 spiro atoms. The Morgan fingerprint density at radius 2 is 1.86 bits per heavy atom. The van der Waals surface area contributed by atoms with Gasteiger partial charge in [0, 0.05) is 30.4 Å². The van der Waals surface area contributed by atoms with Gasteiger partial charge in [-0.15, -0.1) is 11.8 Å². The largest absolute Gasteiger partial charge is 0.468 e. The third kappa shape index (κ3) is 5.48. The minimum atomic E-state index is -0.398. The minimum Gasteiger partial charge on any atom is -0.468 e. The Labute approximate surface area is 174 Å². The van der Waals surface area contributed by atoms with Crippen LogP contribution in [0.3, 0.4) is 0 Å². The number of amides is 1. The number of imidazole rings is 1. The third-order valence-electron chi connectivity index (χ3n) is 4.44. The number of carbonyl (C=O) groups is 2. The van der Waals surface area contributed by atoms with Crippen LogP contribution in [-0.4, -0.2) is 33.8 Å². The lowest BCUT2D eigenvalue weighted by Crippen LogP contribution is -2.24. The molecule has 1 unspecified atom stereocenters. The predicted molar refractivity (Wildman–Crippen MR) is 113 cm³/mol. The van der Waals surface area contributed by atoms with Gasteiger partial charge in [0.1, 0.15) is 5.25 Å². The number of rotatable bonds is 8. The number of hydrogen-bond donors (Lipinski definition) is 1. The highest BCUT2D eigenvalue weighted by Crippen LogP contribution is 2.27. The first-order valence-corrected chi connectivity index (χ1v) is 10.1. The van der Waals surface area contributed by atoms with Crippen molar-refractivity contribution < 1.29 is 14.3 Å². The summed E-state index contributed by atoms with van der Waals surface area (Å²) < 4.78 is 6.77. The van der Waals surface area contributed by atoms with E-state index in [2.05, 4.69) is 10.3 Å². The first-order valence-electron chi connectivity index (χ1n) is 9.22. The van der Waals surface area contributed by atoms with Crippen LogP contribution >= 0.6 is 11.8 Å². The van der Waals surface area contributed by atoms with Gasteiger partial charge in [-0.1, -0.05) is 36.4 Å². The van der Waals surface area contributed by atoms with Crippen molar-refractivity contribution in [1.29, 1.82) is 0 Å². The molecule has 0 aliphatic heterocycles. The Bertz CT molecular complexity index is 973. The predicted octanol–water partition coefficient (Wildman–Crippen LogP) is 3.52. The highest BCUT2D eigenvalue weighted by molar-refractivity contribution is 8.00. The Morgan fingerprint density at radius 3 is 2.59 bits per heavy atom. The molecule has 0 aliphatic carbocycles. The number of hydrogen-bond acceptors (Lipinski definition) is 5. The average molecular weight is 410 g/mol. The number of benzene rings is 2. The van der Waals surface area contributed by atoms with Gasteiger partial charge in [-0.25, -0.2) is 4.98 Å². The molecule has 0 bridgehead atoms. The van der Waals surface area contributed by atoms with E-state index in [1.165, 1.54) is 18.9 Å². The maximum Gasteiger partial charge on any atom is 0.318 e. The second-order valence-electron chi connectivity index (χ2n) is 6.47. The van der Waals surface area contributed by atoms with Crippen LogP contribution in [-0.2, 0) is 22.6 Å². The second-order valence-corrected chi connectivity index (χ2v) is 7.85. The summed E-state index contributed by atoms with van der Waals surface area (Å²) in [5.74, 6) is -0.499. The van der Waals surface area contributed by atoms with E-state index in [9.17, 15) is 9.59 Å². The molecule has 150 valence electrons. The van der Waals surface area contributed by atoms with Crippen LogP contribution in [0.4, 0.5) is 0 Å². The van der Waals surface area contributed by atoms with Crippen LogP contribution in [0.5, 0.6) is 0 Å². The molecule has 0 saturated heterocycles. The average Bonchev–Trinajstić information content (AvgIpc) is 3.25. The molecule has 1 N–H and O–H groups in total. The Kier molecular flexibility index (Phi) is 7.08. The van der Waals surface area contributed by atoms with Gasteiger partial charge in [0.05, 0.1) is 19.0 Å². The number of esters is 1. The molecule has 6 nitrogen and oxygen atoms in total. The van der Waals surface area contributed by atoms with Gasteiger partial charge in [-0.2, -0.15) is 0 Å². The summed E-state index contributed by atoms with van der Waals surface area (Å²) in [6.07, 6.45) is 5.42. The normalized spacial score (nSPS) is 11.7. The number of aromatic nitrogens is 2. The van der Waals surface area contributed by atoms with Crippen LogP contribution in [0.1, 0.15) is 28.4 Å². The molecule has 3 rings (SSSR count). The second kappa shape index (κ2) is 9.93. The van der Waals surface area contributed by atoms with E-state index in [1.807, 2.05) is 53.2 Å². The van der Waals surface area contributed by atoms with E-state index < -0.39 is 5.25 Å². The quantitative estimate of drug-likeness (QED) is 0.455. The van der Waals surface area contributed by atoms with E-state index in [-0.39, 0.29) is 11.9 Å². The first kappa shape index (κ1) is 20.7. The number of nitrogens with one attached hydrogen (secondary N) is 1. The Morgan fingerprint density at radius 1 is 1.14 bits per heavy atom. The van der Waals surface area contributed by atoms with E-state index in [1.54, 1.807) is 25.5 Å². The van der Waals surface area contributed by atoms with E-state index in [0.717, 1.165) is 16.0 Å². The first-order chi connectivity index (χ1) is 14.1. The van der Waals surface area contributed by atoms with Gasteiger partial charge < -0.3 is 14.6 Å². The highest BCUT2D eigenvalue weighted by atomic mass is 32.2. The topological polar surface area (TPSA) is 73.2 Å². The number of methoxy groups -OCH3 is 1. The number of ether oxygens (including phenoxy) is 1. The zero-order chi connectivity index (χ0) is 20.6. The summed E-state index contributed by atoms with van der Waals surface area (Å²) in [6.45, 7) is 2.86. The molecular weight excluding hydrogens is 386 g/mol. The zero-order valence-electron chi connectivity index (χ0n) is 16.4. The molecule has 0 radical (unpaired) electrons. The molecule has 0 fully saturated rings. The van der Waals surface area contributed by atoms with Gasteiger partial charge in [-0.3, -0.25) is 9.59 Å². The lowest BCUT2D eigenvalue weighted by molar-refractivity contribution is -0.139. The summed E-state index contributed by atoms with van der Waals surface area (Å²) in [7, 11) is 1.36. The maximum absolute atomic E-state index is 12.8. The van der Waals surface area contributed by atoms with Crippen LogP contribution in [0.25, 0.3) is 0 Å². The summed E-state index contributed by atoms with van der Waals surface area (Å²) in [4.78, 5) is 29.4. The van der Waals surface area contributed by atoms with Crippen molar-refractivity contribution in [1.82, 2.24) is 14.9 Å². The van der Waals surface area contributed by atoms with Gasteiger partial charge in [-0.05, 0) is 30.2 Å². The van der Waals surface area contributed by atoms with Crippen LogP contribution in [0.15, 0.2) is 72.1 Å². The molecule has 2 aromatic carbocycles. The number of carbonyl (C=O) groups excluding carboxylic acids is 2. The van der Waals surface area contributed by atoms with Crippen LogP contribution < -0.4 is 5.32 Å². The van der Waals surface area contributed by atoms with Crippen LogP contribution in [0.2, 0.25) is 0 Å². The monoisotopic (exact) mass is 409 g/mol. The molecule has 0 aliphatic rings. The van der Waals surface area contributed by atoms with Crippen molar-refractivity contribution in [3.63, 3.8) is 0 Å². The van der Waals surface area contributed by atoms with Crippen molar-refractivity contribution in [2.45, 2.75) is 30.2 Å². The minimum absolute atomic E-state index is 0.178. The smallest absolute Gasteiger partial charge is 0.318 e. The molecule has 1 aromatic heterocycles. The van der Waals surface area contributed by atoms with Crippen molar-refractivity contribution in [3.05, 3.63) is 83.9 Å². The van der Waals surface area contributed by atoms with E-state index >= 15 is 0 Å². The van der Waals surface area contributed by atoms with Crippen molar-refractivity contribution in [2.75, 3.05) is 7.11 Å². The molecule has 7 heteroatoms. The van der Waals surface area contributed by atoms with E-state index in [0.29, 0.717) is 18.7 Å². The lowest BCUT2D eigenvalue weighted by Gasteiger charge is -2.14. The molecule has 0 saturated carbocycles. The maximum atomic E-state index is 12.8. The molecule has 3 aromatic rings. The molecule has 1 amide bonds. The fourth-order valence-corrected chi connectivity index (χ4v) is 3.91. The SMILES string of the molecule is COC(=O)C(C)Sc1ccccc1C(=O)NCc1ccccc1Cn1ccnc1. The van der Waals surface area contributed by atoms with Gasteiger partial charge >= 0.3 is 5.97 Å². The lowest BCUT2D eigenvalue weighted by atomic mass is 10.1. The highest BCUT2D eigenvalue weighted by Gasteiger charge is 2.19. The van der Waals surface area contributed by atoms with E-state index in [4.69, 9.17) is 4.74 Å². The van der Waals surface area contributed by atoms with Gasteiger partial charge in [0.2, 0.25) is 0 Å².